The van der Waals surface area contributed by atoms with Crippen LogP contribution >= 0.6 is 12.0 Å². The third-order valence-corrected chi connectivity index (χ3v) is 2.22. The van der Waals surface area contributed by atoms with Crippen LogP contribution in [0.5, 0.6) is 0 Å². The lowest BCUT2D eigenvalue weighted by molar-refractivity contribution is -0.160. The van der Waals surface area contributed by atoms with Crippen molar-refractivity contribution in [3.63, 3.8) is 0 Å². The first-order valence-electron chi connectivity index (χ1n) is 4.03. The fraction of sp³-hybridized carbons (Fsp3) is 0.333. The van der Waals surface area contributed by atoms with Crippen LogP contribution in [-0.4, -0.2) is 13.7 Å². The molecule has 72 valence electrons. The minimum Gasteiger partial charge on any atom is -0.330 e. The molecule has 0 aliphatic heterocycles. The van der Waals surface area contributed by atoms with Gasteiger partial charge in [0.25, 0.3) is 0 Å². The molecule has 0 aliphatic carbocycles. The van der Waals surface area contributed by atoms with Crippen LogP contribution in [0.2, 0.25) is 0 Å². The molecule has 0 spiro atoms. The molecule has 0 amide bonds. The molecule has 0 unspecified atom stereocenters. The van der Waals surface area contributed by atoms with Crippen molar-refractivity contribution in [2.45, 2.75) is 11.3 Å². The summed E-state index contributed by atoms with van der Waals surface area (Å²) < 4.78 is 4.71. The van der Waals surface area contributed by atoms with Gasteiger partial charge in [0.2, 0.25) is 0 Å². The van der Waals surface area contributed by atoms with Crippen molar-refractivity contribution in [3.8, 4) is 0 Å². The molecule has 0 aliphatic rings. The molecule has 0 saturated heterocycles. The quantitative estimate of drug-likeness (QED) is 0.446. The van der Waals surface area contributed by atoms with Crippen LogP contribution in [0.1, 0.15) is 5.56 Å². The molecule has 0 heterocycles. The van der Waals surface area contributed by atoms with Crippen molar-refractivity contribution in [3.05, 3.63) is 29.8 Å². The highest BCUT2D eigenvalue weighted by Gasteiger charge is 1.95. The maximum atomic E-state index is 5.43. The topological polar surface area (TPSA) is 44.5 Å². The Morgan fingerprint density at radius 3 is 2.54 bits per heavy atom. The van der Waals surface area contributed by atoms with Gasteiger partial charge in [-0.1, -0.05) is 12.1 Å². The SMILES string of the molecule is COOSc1ccc(CCN)cc1. The predicted octanol–water partition coefficient (Wildman–Crippen LogP) is 1.77. The molecule has 1 aromatic carbocycles. The van der Waals surface area contributed by atoms with E-state index < -0.39 is 0 Å². The third kappa shape index (κ3) is 3.78. The van der Waals surface area contributed by atoms with Crippen LogP contribution in [0.15, 0.2) is 29.2 Å². The Hall–Kier alpha value is -0.550. The summed E-state index contributed by atoms with van der Waals surface area (Å²) in [7, 11) is 1.48. The zero-order chi connectivity index (χ0) is 9.52. The summed E-state index contributed by atoms with van der Waals surface area (Å²) in [5.41, 5.74) is 6.67. The molecule has 1 aromatic rings. The van der Waals surface area contributed by atoms with E-state index in [9.17, 15) is 0 Å². The smallest absolute Gasteiger partial charge is 0.0725 e. The number of rotatable bonds is 5. The highest BCUT2D eigenvalue weighted by Crippen LogP contribution is 2.19. The van der Waals surface area contributed by atoms with Crippen LogP contribution in [0.25, 0.3) is 0 Å². The average Bonchev–Trinajstić information content (AvgIpc) is 2.17. The molecule has 0 saturated carbocycles. The molecule has 0 bridgehead atoms. The summed E-state index contributed by atoms with van der Waals surface area (Å²) in [4.78, 5) is 5.48. The Balaban J connectivity index is 2.48. The summed E-state index contributed by atoms with van der Waals surface area (Å²) in [6.45, 7) is 0.682. The van der Waals surface area contributed by atoms with Gasteiger partial charge in [0, 0.05) is 4.90 Å². The molecule has 0 radical (unpaired) electrons. The van der Waals surface area contributed by atoms with Crippen molar-refractivity contribution < 1.29 is 9.22 Å². The second-order valence-corrected chi connectivity index (χ2v) is 3.27. The van der Waals surface area contributed by atoms with Crippen molar-refractivity contribution in [2.75, 3.05) is 13.7 Å². The molecule has 3 nitrogen and oxygen atoms in total. The van der Waals surface area contributed by atoms with Gasteiger partial charge < -0.3 is 5.73 Å². The maximum Gasteiger partial charge on any atom is 0.0725 e. The van der Waals surface area contributed by atoms with Gasteiger partial charge in [-0.3, -0.25) is 0 Å². The average molecular weight is 199 g/mol. The second-order valence-electron chi connectivity index (χ2n) is 2.50. The first-order valence-corrected chi connectivity index (χ1v) is 4.77. The Labute approximate surface area is 82.4 Å². The van der Waals surface area contributed by atoms with Gasteiger partial charge in [-0.15, -0.1) is 0 Å². The summed E-state index contributed by atoms with van der Waals surface area (Å²) in [6, 6.07) is 8.03. The van der Waals surface area contributed by atoms with E-state index in [-0.39, 0.29) is 0 Å². The van der Waals surface area contributed by atoms with Gasteiger partial charge in [0.1, 0.15) is 0 Å². The summed E-state index contributed by atoms with van der Waals surface area (Å²) in [6.07, 6.45) is 0.913. The maximum absolute atomic E-state index is 5.43. The van der Waals surface area contributed by atoms with Crippen LogP contribution in [0.3, 0.4) is 0 Å². The first kappa shape index (κ1) is 10.5. The van der Waals surface area contributed by atoms with E-state index in [4.69, 9.17) is 10.1 Å². The largest absolute Gasteiger partial charge is 0.330 e. The van der Waals surface area contributed by atoms with Gasteiger partial charge >= 0.3 is 0 Å². The van der Waals surface area contributed by atoms with E-state index >= 15 is 0 Å². The van der Waals surface area contributed by atoms with E-state index in [1.807, 2.05) is 24.3 Å². The van der Waals surface area contributed by atoms with Gasteiger partial charge in [0.15, 0.2) is 0 Å². The van der Waals surface area contributed by atoms with Crippen LogP contribution < -0.4 is 5.73 Å². The standard InChI is InChI=1S/C9H13NO2S/c1-11-12-13-9-4-2-8(3-5-9)6-7-10/h2-5H,6-7,10H2,1H3. The molecule has 13 heavy (non-hydrogen) atoms. The van der Waals surface area contributed by atoms with Crippen molar-refractivity contribution in [2.24, 2.45) is 5.73 Å². The van der Waals surface area contributed by atoms with Gasteiger partial charge in [-0.05, 0) is 30.7 Å². The number of hydrogen-bond donors (Lipinski definition) is 1. The summed E-state index contributed by atoms with van der Waals surface area (Å²) in [5, 5.41) is 0. The Bertz CT molecular complexity index is 238. The highest BCUT2D eigenvalue weighted by molar-refractivity contribution is 7.94. The van der Waals surface area contributed by atoms with E-state index in [0.29, 0.717) is 6.54 Å². The predicted molar refractivity (Wildman–Crippen MR) is 53.2 cm³/mol. The number of benzene rings is 1. The van der Waals surface area contributed by atoms with Crippen molar-refractivity contribution >= 4 is 12.0 Å². The Morgan fingerprint density at radius 2 is 2.00 bits per heavy atom. The molecule has 2 N–H and O–H groups in total. The number of hydrogen-bond acceptors (Lipinski definition) is 4. The van der Waals surface area contributed by atoms with Crippen molar-refractivity contribution in [1.29, 1.82) is 0 Å². The lowest BCUT2D eigenvalue weighted by Crippen LogP contribution is -2.02. The van der Waals surface area contributed by atoms with E-state index in [2.05, 4.69) is 4.89 Å². The first-order chi connectivity index (χ1) is 6.36. The van der Waals surface area contributed by atoms with E-state index in [0.717, 1.165) is 11.3 Å². The third-order valence-electron chi connectivity index (χ3n) is 1.55. The zero-order valence-electron chi connectivity index (χ0n) is 7.53. The Kier molecular flexibility index (Phi) is 4.85. The van der Waals surface area contributed by atoms with Gasteiger partial charge in [0.05, 0.1) is 19.2 Å². The monoisotopic (exact) mass is 199 g/mol. The molecule has 0 aromatic heterocycles. The minimum absolute atomic E-state index is 0.682. The normalized spacial score (nSPS) is 10.3. The molecule has 0 atom stereocenters. The fourth-order valence-corrected chi connectivity index (χ4v) is 1.35. The highest BCUT2D eigenvalue weighted by atomic mass is 32.2. The van der Waals surface area contributed by atoms with Crippen LogP contribution in [0, 0.1) is 0 Å². The van der Waals surface area contributed by atoms with Gasteiger partial charge in [-0.2, -0.15) is 4.33 Å². The van der Waals surface area contributed by atoms with Gasteiger partial charge in [-0.25, -0.2) is 4.89 Å². The molecule has 0 fully saturated rings. The van der Waals surface area contributed by atoms with E-state index in [1.54, 1.807) is 0 Å². The van der Waals surface area contributed by atoms with Crippen LogP contribution in [0.4, 0.5) is 0 Å². The zero-order valence-corrected chi connectivity index (χ0v) is 8.34. The Morgan fingerprint density at radius 1 is 1.31 bits per heavy atom. The van der Waals surface area contributed by atoms with Crippen molar-refractivity contribution in [1.82, 2.24) is 0 Å². The molecule has 4 heteroatoms. The van der Waals surface area contributed by atoms with Crippen LogP contribution in [-0.2, 0) is 15.6 Å². The minimum atomic E-state index is 0.682. The summed E-state index contributed by atoms with van der Waals surface area (Å²) >= 11 is 1.19. The lowest BCUT2D eigenvalue weighted by Gasteiger charge is -2.00. The fourth-order valence-electron chi connectivity index (χ4n) is 0.952. The van der Waals surface area contributed by atoms with E-state index in [1.165, 1.54) is 24.7 Å². The molecular formula is C9H13NO2S. The second kappa shape index (κ2) is 5.99. The number of nitrogens with two attached hydrogens (primary N) is 1. The lowest BCUT2D eigenvalue weighted by atomic mass is 10.2. The molecular weight excluding hydrogens is 186 g/mol. The molecule has 1 rings (SSSR count). The summed E-state index contributed by atoms with van der Waals surface area (Å²) in [5.74, 6) is 0.